The van der Waals surface area contributed by atoms with Crippen molar-refractivity contribution in [1.82, 2.24) is 0 Å². The number of benzene rings is 3. The summed E-state index contributed by atoms with van der Waals surface area (Å²) >= 11 is 7.43. The maximum atomic E-state index is 12.6. The molecule has 3 aromatic rings. The van der Waals surface area contributed by atoms with Crippen LogP contribution >= 0.6 is 23.4 Å². The molecule has 3 aromatic carbocycles. The molecule has 1 aliphatic rings. The monoisotopic (exact) mass is 422 g/mol. The summed E-state index contributed by atoms with van der Waals surface area (Å²) in [6.07, 6.45) is 0.910. The first-order valence-electron chi connectivity index (χ1n) is 9.28. The lowest BCUT2D eigenvalue weighted by Gasteiger charge is -2.17. The number of thioether (sulfide) groups is 1. The highest BCUT2D eigenvalue weighted by molar-refractivity contribution is 8.00. The first-order chi connectivity index (χ1) is 14.1. The van der Waals surface area contributed by atoms with Crippen molar-refractivity contribution in [1.29, 1.82) is 0 Å². The van der Waals surface area contributed by atoms with E-state index in [-0.39, 0.29) is 11.8 Å². The molecule has 0 aromatic heterocycles. The number of hydrogen-bond donors (Lipinski definition) is 1. The number of rotatable bonds is 5. The highest BCUT2D eigenvalue weighted by Gasteiger charge is 2.23. The van der Waals surface area contributed by atoms with Crippen LogP contribution in [0.15, 0.2) is 77.7 Å². The third-order valence-electron chi connectivity index (χ3n) is 4.75. The maximum Gasteiger partial charge on any atom is 0.255 e. The van der Waals surface area contributed by atoms with Gasteiger partial charge in [-0.3, -0.25) is 9.59 Å². The van der Waals surface area contributed by atoms with Crippen LogP contribution in [0.1, 0.15) is 15.9 Å². The average Bonchev–Trinajstić information content (AvgIpc) is 3.17. The Balaban J connectivity index is 1.33. The molecule has 29 heavy (non-hydrogen) atoms. The first-order valence-corrected chi connectivity index (χ1v) is 10.6. The molecule has 0 bridgehead atoms. The van der Waals surface area contributed by atoms with Crippen LogP contribution in [0, 0.1) is 0 Å². The largest absolute Gasteiger partial charge is 0.322 e. The van der Waals surface area contributed by atoms with E-state index in [1.54, 1.807) is 24.3 Å². The summed E-state index contributed by atoms with van der Waals surface area (Å²) < 4.78 is 0. The Morgan fingerprint density at radius 2 is 1.79 bits per heavy atom. The normalized spacial score (nSPS) is 12.5. The van der Waals surface area contributed by atoms with Crippen molar-refractivity contribution in [3.63, 3.8) is 0 Å². The van der Waals surface area contributed by atoms with E-state index in [1.165, 1.54) is 17.3 Å². The van der Waals surface area contributed by atoms with Crippen molar-refractivity contribution in [2.75, 3.05) is 22.5 Å². The molecule has 2 amide bonds. The van der Waals surface area contributed by atoms with Gasteiger partial charge in [0.05, 0.1) is 5.75 Å². The van der Waals surface area contributed by atoms with E-state index in [4.69, 9.17) is 11.6 Å². The van der Waals surface area contributed by atoms with Crippen molar-refractivity contribution in [2.24, 2.45) is 0 Å². The highest BCUT2D eigenvalue weighted by atomic mass is 35.5. The van der Waals surface area contributed by atoms with E-state index in [9.17, 15) is 9.59 Å². The molecule has 1 N–H and O–H groups in total. The number of anilines is 2. The van der Waals surface area contributed by atoms with Crippen molar-refractivity contribution in [3.05, 3.63) is 88.9 Å². The molecule has 0 atom stereocenters. The molecule has 0 saturated heterocycles. The average molecular weight is 423 g/mol. The third-order valence-corrected chi connectivity index (χ3v) is 5.98. The Hall–Kier alpha value is -2.76. The fraction of sp³-hybridized carbons (Fsp3) is 0.130. The summed E-state index contributed by atoms with van der Waals surface area (Å²) in [6.45, 7) is 0.743. The van der Waals surface area contributed by atoms with Gasteiger partial charge >= 0.3 is 0 Å². The third kappa shape index (κ3) is 4.63. The Bertz CT molecular complexity index is 1050. The van der Waals surface area contributed by atoms with Crippen molar-refractivity contribution in [3.8, 4) is 0 Å². The van der Waals surface area contributed by atoms with Gasteiger partial charge < -0.3 is 10.2 Å². The smallest absolute Gasteiger partial charge is 0.255 e. The molecule has 6 heteroatoms. The van der Waals surface area contributed by atoms with E-state index >= 15 is 0 Å². The molecule has 1 aliphatic heterocycles. The summed E-state index contributed by atoms with van der Waals surface area (Å²) in [5, 5.41) is 3.37. The van der Waals surface area contributed by atoms with Gasteiger partial charge in [-0.2, -0.15) is 0 Å². The number of hydrogen-bond acceptors (Lipinski definition) is 3. The van der Waals surface area contributed by atoms with E-state index < -0.39 is 0 Å². The molecule has 0 saturated carbocycles. The molecule has 4 rings (SSSR count). The highest BCUT2D eigenvalue weighted by Crippen LogP contribution is 2.29. The zero-order chi connectivity index (χ0) is 20.2. The second kappa shape index (κ2) is 8.72. The molecule has 0 spiro atoms. The second-order valence-corrected chi connectivity index (χ2v) is 8.19. The summed E-state index contributed by atoms with van der Waals surface area (Å²) in [7, 11) is 0. The first kappa shape index (κ1) is 19.6. The number of para-hydroxylation sites is 1. The number of carbonyl (C=O) groups is 2. The molecule has 146 valence electrons. The Kier molecular flexibility index (Phi) is 5.88. The minimum absolute atomic E-state index is 0.110. The van der Waals surface area contributed by atoms with Crippen LogP contribution in [0.3, 0.4) is 0 Å². The Morgan fingerprint density at radius 1 is 1.00 bits per heavy atom. The minimum Gasteiger partial charge on any atom is -0.322 e. The van der Waals surface area contributed by atoms with Crippen LogP contribution in [0.2, 0.25) is 5.02 Å². The number of fused-ring (bicyclic) bond motifs is 1. The van der Waals surface area contributed by atoms with Crippen LogP contribution in [0.5, 0.6) is 0 Å². The predicted octanol–water partition coefficient (Wildman–Crippen LogP) is 5.27. The van der Waals surface area contributed by atoms with Gasteiger partial charge in [-0.15, -0.1) is 11.8 Å². The van der Waals surface area contributed by atoms with Gasteiger partial charge in [0.15, 0.2) is 0 Å². The molecule has 1 heterocycles. The lowest BCUT2D eigenvalue weighted by Crippen LogP contribution is -2.30. The van der Waals surface area contributed by atoms with Crippen LogP contribution in [-0.2, 0) is 11.2 Å². The van der Waals surface area contributed by atoms with Crippen LogP contribution in [0.25, 0.3) is 0 Å². The Morgan fingerprint density at radius 3 is 2.59 bits per heavy atom. The lowest BCUT2D eigenvalue weighted by atomic mass is 10.2. The van der Waals surface area contributed by atoms with Crippen molar-refractivity contribution in [2.45, 2.75) is 11.3 Å². The number of halogens is 1. The van der Waals surface area contributed by atoms with E-state index in [2.05, 4.69) is 11.4 Å². The predicted molar refractivity (Wildman–Crippen MR) is 119 cm³/mol. The zero-order valence-corrected chi connectivity index (χ0v) is 17.2. The lowest BCUT2D eigenvalue weighted by molar-refractivity contribution is -0.116. The van der Waals surface area contributed by atoms with E-state index in [1.807, 2.05) is 47.4 Å². The van der Waals surface area contributed by atoms with Gasteiger partial charge in [-0.25, -0.2) is 0 Å². The number of amides is 2. The molecular formula is C23H19ClN2O2S. The number of nitrogens with one attached hydrogen (secondary N) is 1. The Labute approximate surface area is 178 Å². The van der Waals surface area contributed by atoms with Crippen LogP contribution < -0.4 is 10.2 Å². The van der Waals surface area contributed by atoms with Gasteiger partial charge in [0.2, 0.25) is 5.91 Å². The van der Waals surface area contributed by atoms with Crippen molar-refractivity contribution < 1.29 is 9.59 Å². The molecule has 0 aliphatic carbocycles. The van der Waals surface area contributed by atoms with Crippen LogP contribution in [0.4, 0.5) is 11.4 Å². The summed E-state index contributed by atoms with van der Waals surface area (Å²) in [4.78, 5) is 27.7. The van der Waals surface area contributed by atoms with Gasteiger partial charge in [-0.05, 0) is 60.5 Å². The minimum atomic E-state index is -0.212. The summed E-state index contributed by atoms with van der Waals surface area (Å²) in [5.41, 5.74) is 3.45. The molecular weight excluding hydrogens is 404 g/mol. The molecule has 0 fully saturated rings. The van der Waals surface area contributed by atoms with Gasteiger partial charge in [-0.1, -0.05) is 35.9 Å². The summed E-state index contributed by atoms with van der Waals surface area (Å²) in [5.74, 6) is 0.275. The standard InChI is InChI=1S/C23H19ClN2O2S/c24-18-6-3-5-17(14-18)23(28)25-19-8-10-20(11-9-19)29-15-22(27)26-13-12-16-4-1-2-7-21(16)26/h1-11,14H,12-13,15H2,(H,25,28). The second-order valence-electron chi connectivity index (χ2n) is 6.70. The SMILES string of the molecule is O=C(Nc1ccc(SCC(=O)N2CCc3ccccc32)cc1)c1cccc(Cl)c1. The van der Waals surface area contributed by atoms with E-state index in [0.717, 1.165) is 23.5 Å². The van der Waals surface area contributed by atoms with Gasteiger partial charge in [0.1, 0.15) is 0 Å². The molecule has 4 nitrogen and oxygen atoms in total. The topological polar surface area (TPSA) is 49.4 Å². The molecule has 0 radical (unpaired) electrons. The van der Waals surface area contributed by atoms with Gasteiger partial charge in [0, 0.05) is 33.4 Å². The number of nitrogens with zero attached hydrogens (tertiary/aromatic N) is 1. The van der Waals surface area contributed by atoms with Crippen molar-refractivity contribution >= 4 is 46.6 Å². The summed E-state index contributed by atoms with van der Waals surface area (Å²) in [6, 6.07) is 22.3. The number of carbonyl (C=O) groups excluding carboxylic acids is 2. The fourth-order valence-corrected chi connectivity index (χ4v) is 4.25. The quantitative estimate of drug-likeness (QED) is 0.569. The van der Waals surface area contributed by atoms with E-state index in [0.29, 0.717) is 22.0 Å². The van der Waals surface area contributed by atoms with Gasteiger partial charge in [0.25, 0.3) is 5.91 Å². The zero-order valence-electron chi connectivity index (χ0n) is 15.6. The van der Waals surface area contributed by atoms with Crippen LogP contribution in [-0.4, -0.2) is 24.1 Å². The fourth-order valence-electron chi connectivity index (χ4n) is 3.29. The molecule has 0 unspecified atom stereocenters. The maximum absolute atomic E-state index is 12.6.